The molecular formula is C21H40N4O4. The van der Waals surface area contributed by atoms with Gasteiger partial charge in [-0.1, -0.05) is 32.0 Å². The lowest BCUT2D eigenvalue weighted by atomic mass is 10.3. The molecule has 0 heterocycles. The Balaban J connectivity index is 0. The van der Waals surface area contributed by atoms with Gasteiger partial charge >= 0.3 is 12.1 Å². The molecule has 8 nitrogen and oxygen atoms in total. The van der Waals surface area contributed by atoms with Gasteiger partial charge in [-0.15, -0.1) is 0 Å². The second kappa shape index (κ2) is 20.4. The van der Waals surface area contributed by atoms with Crippen LogP contribution in [0.4, 0.5) is 15.3 Å². The van der Waals surface area contributed by atoms with Crippen LogP contribution in [-0.2, 0) is 9.47 Å². The summed E-state index contributed by atoms with van der Waals surface area (Å²) in [5.41, 5.74) is 6.15. The van der Waals surface area contributed by atoms with E-state index in [-0.39, 0.29) is 18.7 Å². The summed E-state index contributed by atoms with van der Waals surface area (Å²) in [5.74, 6) is 0. The molecule has 0 aliphatic rings. The van der Waals surface area contributed by atoms with Gasteiger partial charge < -0.3 is 25.4 Å². The summed E-state index contributed by atoms with van der Waals surface area (Å²) in [7, 11) is 3.25. The molecule has 0 atom stereocenters. The Morgan fingerprint density at radius 3 is 2.17 bits per heavy atom. The number of hydrogen-bond donors (Lipinski definition) is 3. The molecule has 8 heteroatoms. The van der Waals surface area contributed by atoms with Gasteiger partial charge in [-0.25, -0.2) is 9.59 Å². The summed E-state index contributed by atoms with van der Waals surface area (Å²) in [6.45, 7) is 9.45. The molecule has 0 saturated heterocycles. The van der Waals surface area contributed by atoms with Crippen LogP contribution >= 0.6 is 0 Å². The zero-order chi connectivity index (χ0) is 22.5. The normalized spacial score (nSPS) is 9.38. The smallest absolute Gasteiger partial charge is 0.411 e. The van der Waals surface area contributed by atoms with Gasteiger partial charge in [-0.05, 0) is 45.4 Å². The number of methoxy groups -OCH3 is 1. The highest BCUT2D eigenvalue weighted by Crippen LogP contribution is 2.05. The minimum Gasteiger partial charge on any atom is -0.447 e. The molecule has 168 valence electrons. The zero-order valence-electron chi connectivity index (χ0n) is 18.9. The quantitative estimate of drug-likeness (QED) is 0.537. The van der Waals surface area contributed by atoms with Gasteiger partial charge in [-0.3, -0.25) is 5.32 Å². The number of nitrogens with zero attached hydrogens (tertiary/aromatic N) is 1. The number of benzene rings is 1. The van der Waals surface area contributed by atoms with Crippen molar-refractivity contribution in [1.82, 2.24) is 10.2 Å². The number of nitrogens with one attached hydrogen (secondary N) is 2. The highest BCUT2D eigenvalue weighted by atomic mass is 16.5. The highest BCUT2D eigenvalue weighted by Gasteiger charge is 2.14. The van der Waals surface area contributed by atoms with Crippen molar-refractivity contribution in [1.29, 1.82) is 0 Å². The molecule has 0 aliphatic carbocycles. The second-order valence-electron chi connectivity index (χ2n) is 6.12. The number of para-hydroxylation sites is 1. The number of anilines is 1. The Morgan fingerprint density at radius 1 is 1.07 bits per heavy atom. The van der Waals surface area contributed by atoms with Crippen molar-refractivity contribution < 1.29 is 19.1 Å². The van der Waals surface area contributed by atoms with E-state index in [1.54, 1.807) is 31.3 Å². The maximum absolute atomic E-state index is 12.1. The predicted octanol–water partition coefficient (Wildman–Crippen LogP) is 3.68. The Kier molecular flexibility index (Phi) is 20.3. The molecule has 29 heavy (non-hydrogen) atoms. The SMILES string of the molecule is CC.CC(C)NC(=O)N(CCCCN)CCOC(=O)Nc1ccccc1.COC. The second-order valence-corrected chi connectivity index (χ2v) is 6.12. The molecule has 0 saturated carbocycles. The lowest BCUT2D eigenvalue weighted by molar-refractivity contribution is 0.139. The summed E-state index contributed by atoms with van der Waals surface area (Å²) in [4.78, 5) is 25.5. The number of ether oxygens (including phenoxy) is 2. The van der Waals surface area contributed by atoms with Crippen LogP contribution in [-0.4, -0.2) is 63.5 Å². The Morgan fingerprint density at radius 2 is 1.66 bits per heavy atom. The number of unbranched alkanes of at least 4 members (excludes halogenated alkanes) is 1. The first kappa shape index (κ1) is 28.9. The topological polar surface area (TPSA) is 106 Å². The number of rotatable bonds is 9. The summed E-state index contributed by atoms with van der Waals surface area (Å²) >= 11 is 0. The van der Waals surface area contributed by atoms with Crippen molar-refractivity contribution in [2.24, 2.45) is 5.73 Å². The van der Waals surface area contributed by atoms with Crippen LogP contribution < -0.4 is 16.4 Å². The summed E-state index contributed by atoms with van der Waals surface area (Å²) in [6, 6.07) is 8.96. The van der Waals surface area contributed by atoms with E-state index in [9.17, 15) is 9.59 Å². The van der Waals surface area contributed by atoms with E-state index in [1.807, 2.05) is 45.9 Å². The van der Waals surface area contributed by atoms with Crippen molar-refractivity contribution in [3.05, 3.63) is 30.3 Å². The zero-order valence-corrected chi connectivity index (χ0v) is 18.9. The number of nitrogens with two attached hydrogens (primary N) is 1. The van der Waals surface area contributed by atoms with E-state index in [0.717, 1.165) is 12.8 Å². The van der Waals surface area contributed by atoms with Crippen LogP contribution in [0, 0.1) is 0 Å². The minimum absolute atomic E-state index is 0.0526. The molecule has 1 rings (SSSR count). The summed E-state index contributed by atoms with van der Waals surface area (Å²) < 4.78 is 9.39. The molecule has 0 bridgehead atoms. The lowest BCUT2D eigenvalue weighted by Gasteiger charge is -2.24. The van der Waals surface area contributed by atoms with Crippen LogP contribution in [0.3, 0.4) is 0 Å². The van der Waals surface area contributed by atoms with E-state index in [1.165, 1.54) is 0 Å². The fourth-order valence-electron chi connectivity index (χ4n) is 2.02. The maximum atomic E-state index is 12.1. The minimum atomic E-state index is -0.535. The number of carbonyl (C=O) groups excluding carboxylic acids is 2. The predicted molar refractivity (Wildman–Crippen MR) is 119 cm³/mol. The third-order valence-corrected chi connectivity index (χ3v) is 3.20. The van der Waals surface area contributed by atoms with Crippen LogP contribution in [0.15, 0.2) is 30.3 Å². The van der Waals surface area contributed by atoms with Crippen molar-refractivity contribution in [3.8, 4) is 0 Å². The van der Waals surface area contributed by atoms with E-state index < -0.39 is 6.09 Å². The first-order valence-corrected chi connectivity index (χ1v) is 10.1. The molecule has 1 aromatic rings. The van der Waals surface area contributed by atoms with Crippen LogP contribution in [0.25, 0.3) is 0 Å². The number of carbonyl (C=O) groups is 2. The van der Waals surface area contributed by atoms with E-state index in [0.29, 0.717) is 25.3 Å². The number of urea groups is 1. The first-order chi connectivity index (χ1) is 13.9. The Labute approximate surface area is 176 Å². The van der Waals surface area contributed by atoms with Crippen LogP contribution in [0.2, 0.25) is 0 Å². The van der Waals surface area contributed by atoms with Gasteiger partial charge in [0.05, 0.1) is 6.54 Å². The van der Waals surface area contributed by atoms with Crippen LogP contribution in [0.1, 0.15) is 40.5 Å². The molecular weight excluding hydrogens is 372 g/mol. The Bertz CT molecular complexity index is 513. The van der Waals surface area contributed by atoms with Crippen molar-refractivity contribution in [2.45, 2.75) is 46.6 Å². The average Bonchev–Trinajstić information content (AvgIpc) is 2.69. The van der Waals surface area contributed by atoms with Gasteiger partial charge in [0, 0.05) is 32.5 Å². The molecule has 0 unspecified atom stereocenters. The summed E-state index contributed by atoms with van der Waals surface area (Å²) in [5, 5.41) is 5.48. The van der Waals surface area contributed by atoms with Crippen molar-refractivity contribution in [3.63, 3.8) is 0 Å². The molecule has 1 aromatic carbocycles. The summed E-state index contributed by atoms with van der Waals surface area (Å²) in [6.07, 6.45) is 1.13. The molecule has 0 spiro atoms. The van der Waals surface area contributed by atoms with Crippen molar-refractivity contribution in [2.75, 3.05) is 45.8 Å². The van der Waals surface area contributed by atoms with Gasteiger partial charge in [0.25, 0.3) is 0 Å². The molecule has 0 aliphatic heterocycles. The van der Waals surface area contributed by atoms with E-state index >= 15 is 0 Å². The van der Waals surface area contributed by atoms with E-state index in [2.05, 4.69) is 15.4 Å². The first-order valence-electron chi connectivity index (χ1n) is 10.1. The monoisotopic (exact) mass is 412 g/mol. The number of hydrogen-bond acceptors (Lipinski definition) is 5. The molecule has 4 N–H and O–H groups in total. The Hall–Kier alpha value is -2.32. The fourth-order valence-corrected chi connectivity index (χ4v) is 2.02. The lowest BCUT2D eigenvalue weighted by Crippen LogP contribution is -2.45. The average molecular weight is 413 g/mol. The van der Waals surface area contributed by atoms with Crippen molar-refractivity contribution >= 4 is 17.8 Å². The molecule has 0 aromatic heterocycles. The molecule has 3 amide bonds. The van der Waals surface area contributed by atoms with Crippen LogP contribution in [0.5, 0.6) is 0 Å². The third kappa shape index (κ3) is 17.5. The van der Waals surface area contributed by atoms with Gasteiger partial charge in [0.2, 0.25) is 0 Å². The van der Waals surface area contributed by atoms with Gasteiger partial charge in [-0.2, -0.15) is 0 Å². The fraction of sp³-hybridized carbons (Fsp3) is 0.619. The third-order valence-electron chi connectivity index (χ3n) is 3.20. The largest absolute Gasteiger partial charge is 0.447 e. The standard InChI is InChI=1S/C17H28N4O3.C2H6O.C2H6/c1-14(2)19-16(22)21(11-7-6-10-18)12-13-24-17(23)20-15-8-4-3-5-9-15;1-3-2;1-2/h3-5,8-9,14H,6-7,10-13,18H2,1-2H3,(H,19,22)(H,20,23);1-2H3;1-2H3. The highest BCUT2D eigenvalue weighted by molar-refractivity contribution is 5.84. The molecule has 0 fully saturated rings. The molecule has 0 radical (unpaired) electrons. The van der Waals surface area contributed by atoms with Gasteiger partial charge in [0.1, 0.15) is 6.61 Å². The maximum Gasteiger partial charge on any atom is 0.411 e. The number of amides is 3. The van der Waals surface area contributed by atoms with Gasteiger partial charge in [0.15, 0.2) is 0 Å². The van der Waals surface area contributed by atoms with E-state index in [4.69, 9.17) is 10.5 Å².